The molecule has 0 radical (unpaired) electrons. The summed E-state index contributed by atoms with van der Waals surface area (Å²) in [5.74, 6) is 0.194. The van der Waals surface area contributed by atoms with Gasteiger partial charge in [-0.1, -0.05) is 16.8 Å². The lowest BCUT2D eigenvalue weighted by Crippen LogP contribution is -2.51. The molecule has 1 aliphatic rings. The molecule has 2 rings (SSSR count). The van der Waals surface area contributed by atoms with Gasteiger partial charge in [-0.15, -0.1) is 11.3 Å². The van der Waals surface area contributed by atoms with E-state index >= 15 is 0 Å². The van der Waals surface area contributed by atoms with Crippen molar-refractivity contribution in [2.24, 2.45) is 10.9 Å². The number of thioether (sulfide) groups is 1. The smallest absolute Gasteiger partial charge is 0.265 e. The number of nitrogens with zero attached hydrogens (tertiary/aromatic N) is 2. The predicted octanol–water partition coefficient (Wildman–Crippen LogP) is 2.79. The largest absolute Gasteiger partial charge is 0.409 e. The number of thiophene rings is 1. The molecule has 0 unspecified atom stereocenters. The third kappa shape index (κ3) is 3.00. The average Bonchev–Trinajstić information content (AvgIpc) is 2.85. The minimum absolute atomic E-state index is 0.0349. The Morgan fingerprint density at radius 3 is 2.62 bits per heavy atom. The first kappa shape index (κ1) is 16.5. The van der Waals surface area contributed by atoms with Gasteiger partial charge in [0, 0.05) is 13.1 Å². The normalized spacial score (nSPS) is 18.8. The van der Waals surface area contributed by atoms with Crippen LogP contribution in [0.25, 0.3) is 0 Å². The van der Waals surface area contributed by atoms with Crippen molar-refractivity contribution in [2.75, 3.05) is 19.3 Å². The first-order valence-electron chi connectivity index (χ1n) is 6.51. The molecule has 8 heteroatoms. The van der Waals surface area contributed by atoms with Crippen molar-refractivity contribution in [3.8, 4) is 0 Å². The van der Waals surface area contributed by atoms with Crippen LogP contribution < -0.4 is 5.73 Å². The van der Waals surface area contributed by atoms with E-state index in [9.17, 15) is 4.79 Å². The van der Waals surface area contributed by atoms with E-state index in [0.29, 0.717) is 35.8 Å². The van der Waals surface area contributed by atoms with Crippen LogP contribution in [-0.2, 0) is 0 Å². The number of aryl methyl sites for hydroxylation is 1. The van der Waals surface area contributed by atoms with E-state index in [1.165, 1.54) is 11.3 Å². The molecular formula is C13H18ClN3O2S2. The van der Waals surface area contributed by atoms with Gasteiger partial charge >= 0.3 is 0 Å². The van der Waals surface area contributed by atoms with Gasteiger partial charge in [-0.2, -0.15) is 11.8 Å². The molecule has 116 valence electrons. The molecule has 0 aliphatic carbocycles. The van der Waals surface area contributed by atoms with E-state index < -0.39 is 0 Å². The number of carbonyl (C=O) groups excluding carboxylic acids is 1. The summed E-state index contributed by atoms with van der Waals surface area (Å²) in [6, 6.07) is 0. The summed E-state index contributed by atoms with van der Waals surface area (Å²) in [4.78, 5) is 14.9. The Morgan fingerprint density at radius 2 is 2.19 bits per heavy atom. The zero-order valence-electron chi connectivity index (χ0n) is 11.9. The zero-order chi connectivity index (χ0) is 15.6. The quantitative estimate of drug-likeness (QED) is 0.381. The van der Waals surface area contributed by atoms with Crippen molar-refractivity contribution < 1.29 is 10.0 Å². The number of amides is 1. The van der Waals surface area contributed by atoms with Gasteiger partial charge in [0.05, 0.1) is 9.77 Å². The molecule has 3 N–H and O–H groups in total. The number of rotatable bonds is 3. The summed E-state index contributed by atoms with van der Waals surface area (Å²) >= 11 is 9.11. The molecule has 0 aromatic carbocycles. The number of piperidine rings is 1. The van der Waals surface area contributed by atoms with Crippen LogP contribution in [0.2, 0.25) is 5.02 Å². The number of oxime groups is 1. The van der Waals surface area contributed by atoms with Gasteiger partial charge in [0.2, 0.25) is 0 Å². The van der Waals surface area contributed by atoms with Crippen LogP contribution in [0.3, 0.4) is 0 Å². The van der Waals surface area contributed by atoms with E-state index in [2.05, 4.69) is 5.16 Å². The van der Waals surface area contributed by atoms with Gasteiger partial charge in [0.1, 0.15) is 4.88 Å². The first-order valence-corrected chi connectivity index (χ1v) is 8.99. The Kier molecular flexibility index (Phi) is 5.06. The highest BCUT2D eigenvalue weighted by Crippen LogP contribution is 2.36. The number of amidine groups is 1. The third-order valence-corrected chi connectivity index (χ3v) is 7.00. The molecule has 0 atom stereocenters. The average molecular weight is 348 g/mol. The topological polar surface area (TPSA) is 78.9 Å². The molecule has 1 saturated heterocycles. The fourth-order valence-electron chi connectivity index (χ4n) is 2.44. The molecule has 0 spiro atoms. The van der Waals surface area contributed by atoms with Gasteiger partial charge in [-0.3, -0.25) is 4.79 Å². The van der Waals surface area contributed by atoms with E-state index in [-0.39, 0.29) is 16.5 Å². The highest BCUT2D eigenvalue weighted by molar-refractivity contribution is 8.00. The summed E-state index contributed by atoms with van der Waals surface area (Å²) in [5, 5.41) is 14.5. The van der Waals surface area contributed by atoms with E-state index in [1.54, 1.807) is 16.7 Å². The molecule has 1 aromatic heterocycles. The SMILES string of the molecule is CSC1(/C(N)=N/O)CCN(C(=O)c2scc(C)c2Cl)CC1. The fourth-order valence-corrected chi connectivity index (χ4v) is 4.53. The van der Waals surface area contributed by atoms with Crippen molar-refractivity contribution in [1.82, 2.24) is 4.90 Å². The van der Waals surface area contributed by atoms with Crippen molar-refractivity contribution in [2.45, 2.75) is 24.5 Å². The molecular weight excluding hydrogens is 330 g/mol. The number of hydrogen-bond acceptors (Lipinski definition) is 5. The number of likely N-dealkylation sites (tertiary alicyclic amines) is 1. The first-order chi connectivity index (χ1) is 9.95. The van der Waals surface area contributed by atoms with E-state index in [0.717, 1.165) is 5.56 Å². The number of halogens is 1. The minimum Gasteiger partial charge on any atom is -0.409 e. The second-order valence-electron chi connectivity index (χ2n) is 5.04. The Labute approximate surface area is 137 Å². The van der Waals surface area contributed by atoms with Gasteiger partial charge in [0.15, 0.2) is 5.84 Å². The van der Waals surface area contributed by atoms with Gasteiger partial charge < -0.3 is 15.8 Å². The van der Waals surface area contributed by atoms with Crippen LogP contribution in [0.1, 0.15) is 28.1 Å². The van der Waals surface area contributed by atoms with Crippen molar-refractivity contribution in [3.05, 3.63) is 20.8 Å². The highest BCUT2D eigenvalue weighted by Gasteiger charge is 2.39. The second kappa shape index (κ2) is 6.46. The Balaban J connectivity index is 2.10. The number of nitrogens with two attached hydrogens (primary N) is 1. The summed E-state index contributed by atoms with van der Waals surface area (Å²) in [7, 11) is 0. The zero-order valence-corrected chi connectivity index (χ0v) is 14.3. The maximum atomic E-state index is 12.5. The van der Waals surface area contributed by atoms with Crippen molar-refractivity contribution in [1.29, 1.82) is 0 Å². The molecule has 1 amide bonds. The predicted molar refractivity (Wildman–Crippen MR) is 88.9 cm³/mol. The van der Waals surface area contributed by atoms with Crippen LogP contribution >= 0.6 is 34.7 Å². The summed E-state index contributed by atoms with van der Waals surface area (Å²) in [5.41, 5.74) is 6.74. The molecule has 21 heavy (non-hydrogen) atoms. The van der Waals surface area contributed by atoms with Gasteiger partial charge in [-0.05, 0) is 37.0 Å². The van der Waals surface area contributed by atoms with Crippen LogP contribution in [0.5, 0.6) is 0 Å². The molecule has 2 heterocycles. The molecule has 0 saturated carbocycles. The summed E-state index contributed by atoms with van der Waals surface area (Å²) in [6.45, 7) is 3.04. The Bertz CT molecular complexity index is 566. The molecule has 1 aliphatic heterocycles. The maximum absolute atomic E-state index is 12.5. The van der Waals surface area contributed by atoms with Crippen molar-refractivity contribution >= 4 is 46.4 Å². The molecule has 5 nitrogen and oxygen atoms in total. The maximum Gasteiger partial charge on any atom is 0.265 e. The van der Waals surface area contributed by atoms with Crippen LogP contribution in [0, 0.1) is 6.92 Å². The summed E-state index contributed by atoms with van der Waals surface area (Å²) in [6.07, 6.45) is 3.27. The van der Waals surface area contributed by atoms with Gasteiger partial charge in [-0.25, -0.2) is 0 Å². The van der Waals surface area contributed by atoms with Crippen LogP contribution in [0.4, 0.5) is 0 Å². The number of carbonyl (C=O) groups is 1. The lowest BCUT2D eigenvalue weighted by molar-refractivity contribution is 0.0723. The molecule has 0 bridgehead atoms. The molecule has 1 fully saturated rings. The van der Waals surface area contributed by atoms with E-state index in [4.69, 9.17) is 22.5 Å². The third-order valence-electron chi connectivity index (χ3n) is 3.92. The summed E-state index contributed by atoms with van der Waals surface area (Å²) < 4.78 is -0.388. The van der Waals surface area contributed by atoms with Crippen LogP contribution in [-0.4, -0.2) is 45.9 Å². The minimum atomic E-state index is -0.388. The van der Waals surface area contributed by atoms with E-state index in [1.807, 2.05) is 18.6 Å². The highest BCUT2D eigenvalue weighted by atomic mass is 35.5. The lowest BCUT2D eigenvalue weighted by atomic mass is 9.94. The lowest BCUT2D eigenvalue weighted by Gasteiger charge is -2.39. The standard InChI is InChI=1S/C13H18ClN3O2S2/c1-8-7-21-10(9(8)14)11(18)17-5-3-13(20-2,4-6-17)12(15)16-19/h7,19H,3-6H2,1-2H3,(H2,15,16). The monoisotopic (exact) mass is 347 g/mol. The molecule has 1 aromatic rings. The fraction of sp³-hybridized carbons (Fsp3) is 0.538. The Morgan fingerprint density at radius 1 is 1.57 bits per heavy atom. The van der Waals surface area contributed by atoms with Crippen LogP contribution in [0.15, 0.2) is 10.5 Å². The second-order valence-corrected chi connectivity index (χ2v) is 7.49. The van der Waals surface area contributed by atoms with Crippen molar-refractivity contribution in [3.63, 3.8) is 0 Å². The Hall–Kier alpha value is -0.920. The number of hydrogen-bond donors (Lipinski definition) is 2. The van der Waals surface area contributed by atoms with Gasteiger partial charge in [0.25, 0.3) is 5.91 Å².